The summed E-state index contributed by atoms with van der Waals surface area (Å²) in [5, 5.41) is 0.384. The smallest absolute Gasteiger partial charge is 0.277 e. The van der Waals surface area contributed by atoms with Crippen LogP contribution in [-0.4, -0.2) is 28.2 Å². The van der Waals surface area contributed by atoms with Crippen LogP contribution in [0.2, 0.25) is 10.2 Å². The molecule has 1 atom stereocenters. The Morgan fingerprint density at radius 1 is 1.42 bits per heavy atom. The van der Waals surface area contributed by atoms with Crippen LogP contribution in [0.5, 0.6) is 0 Å². The van der Waals surface area contributed by atoms with Crippen LogP contribution < -0.4 is 0 Å². The third kappa shape index (κ3) is 2.90. The minimum atomic E-state index is -0.472. The summed E-state index contributed by atoms with van der Waals surface area (Å²) >= 11 is 11.7. The number of hydrogen-bond donors (Lipinski definition) is 0. The largest absolute Gasteiger partial charge is 0.280 e. The molecule has 4 nitrogen and oxygen atoms in total. The molecule has 6 heteroatoms. The van der Waals surface area contributed by atoms with Crippen molar-refractivity contribution in [2.24, 2.45) is 11.8 Å². The molecule has 1 aromatic rings. The van der Waals surface area contributed by atoms with E-state index in [2.05, 4.69) is 4.98 Å². The Kier molecular flexibility index (Phi) is 4.11. The highest BCUT2D eigenvalue weighted by Gasteiger charge is 2.36. The average molecular weight is 301 g/mol. The van der Waals surface area contributed by atoms with Crippen molar-refractivity contribution in [3.8, 4) is 0 Å². The lowest BCUT2D eigenvalue weighted by Gasteiger charge is -2.16. The normalized spacial score (nSPS) is 19.3. The first-order chi connectivity index (χ1) is 8.90. The van der Waals surface area contributed by atoms with Gasteiger partial charge in [0.1, 0.15) is 10.8 Å². The Morgan fingerprint density at radius 2 is 2.11 bits per heavy atom. The first kappa shape index (κ1) is 14.3. The molecule has 0 bridgehead atoms. The molecule has 1 unspecified atom stereocenters. The van der Waals surface area contributed by atoms with Gasteiger partial charge in [-0.2, -0.15) is 0 Å². The third-order valence-electron chi connectivity index (χ3n) is 3.36. The number of carbonyl (C=O) groups is 2. The van der Waals surface area contributed by atoms with Crippen molar-refractivity contribution in [3.63, 3.8) is 0 Å². The Balaban J connectivity index is 2.25. The van der Waals surface area contributed by atoms with Crippen molar-refractivity contribution in [3.05, 3.63) is 28.0 Å². The second-order valence-corrected chi connectivity index (χ2v) is 5.78. The van der Waals surface area contributed by atoms with Crippen LogP contribution >= 0.6 is 23.2 Å². The number of hydrogen-bond acceptors (Lipinski definition) is 3. The summed E-state index contributed by atoms with van der Waals surface area (Å²) in [6.07, 6.45) is 0.390. The Hall–Kier alpha value is -1.13. The molecule has 1 aromatic heterocycles. The molecule has 0 spiro atoms. The maximum absolute atomic E-state index is 12.3. The maximum Gasteiger partial charge on any atom is 0.280 e. The van der Waals surface area contributed by atoms with E-state index in [1.165, 1.54) is 17.0 Å². The molecule has 2 heterocycles. The van der Waals surface area contributed by atoms with Gasteiger partial charge in [-0.1, -0.05) is 37.0 Å². The van der Waals surface area contributed by atoms with Crippen LogP contribution in [0.15, 0.2) is 12.1 Å². The minimum absolute atomic E-state index is 0.0342. The van der Waals surface area contributed by atoms with E-state index in [1.807, 2.05) is 13.8 Å². The van der Waals surface area contributed by atoms with Gasteiger partial charge in [0.05, 0.1) is 5.02 Å². The lowest BCUT2D eigenvalue weighted by molar-refractivity contribution is -0.125. The van der Waals surface area contributed by atoms with Crippen molar-refractivity contribution >= 4 is 35.0 Å². The van der Waals surface area contributed by atoms with Crippen molar-refractivity contribution < 1.29 is 9.59 Å². The standard InChI is InChI=1S/C13H14Cl2N2O2/c1-7(2)8-5-11(18)17(6-8)13(19)12-9(14)3-4-10(15)16-12/h3-4,7-8H,5-6H2,1-2H3. The number of aromatic nitrogens is 1. The van der Waals surface area contributed by atoms with Crippen molar-refractivity contribution in [1.82, 2.24) is 9.88 Å². The Morgan fingerprint density at radius 3 is 2.68 bits per heavy atom. The number of pyridine rings is 1. The fourth-order valence-corrected chi connectivity index (χ4v) is 2.41. The zero-order chi connectivity index (χ0) is 14.2. The average Bonchev–Trinajstić information content (AvgIpc) is 2.74. The van der Waals surface area contributed by atoms with Gasteiger partial charge in [0.15, 0.2) is 0 Å². The number of likely N-dealkylation sites (tertiary alicyclic amines) is 1. The molecular formula is C13H14Cl2N2O2. The van der Waals surface area contributed by atoms with Crippen molar-refractivity contribution in [1.29, 1.82) is 0 Å². The number of nitrogens with zero attached hydrogens (tertiary/aromatic N) is 2. The van der Waals surface area contributed by atoms with Gasteiger partial charge in [0, 0.05) is 13.0 Å². The molecule has 102 valence electrons. The van der Waals surface area contributed by atoms with Gasteiger partial charge in [0.25, 0.3) is 5.91 Å². The van der Waals surface area contributed by atoms with E-state index in [9.17, 15) is 9.59 Å². The predicted octanol–water partition coefficient (Wildman–Crippen LogP) is 3.03. The van der Waals surface area contributed by atoms with Crippen molar-refractivity contribution in [2.75, 3.05) is 6.54 Å². The molecule has 0 aromatic carbocycles. The van der Waals surface area contributed by atoms with E-state index in [0.717, 1.165) is 0 Å². The number of halogens is 2. The quantitative estimate of drug-likeness (QED) is 0.623. The SMILES string of the molecule is CC(C)C1CC(=O)N(C(=O)c2nc(Cl)ccc2Cl)C1. The maximum atomic E-state index is 12.3. The van der Waals surface area contributed by atoms with Gasteiger partial charge in [-0.25, -0.2) is 4.98 Å². The summed E-state index contributed by atoms with van der Waals surface area (Å²) in [6.45, 7) is 4.49. The highest BCUT2D eigenvalue weighted by Crippen LogP contribution is 2.27. The molecule has 0 saturated carbocycles. The van der Waals surface area contributed by atoms with Gasteiger partial charge in [-0.05, 0) is 24.0 Å². The highest BCUT2D eigenvalue weighted by molar-refractivity contribution is 6.35. The van der Waals surface area contributed by atoms with Crippen LogP contribution in [0.3, 0.4) is 0 Å². The summed E-state index contributed by atoms with van der Waals surface area (Å²) < 4.78 is 0. The van der Waals surface area contributed by atoms with Crippen LogP contribution in [0, 0.1) is 11.8 Å². The van der Waals surface area contributed by atoms with E-state index < -0.39 is 5.91 Å². The number of rotatable bonds is 2. The van der Waals surface area contributed by atoms with Gasteiger partial charge in [0.2, 0.25) is 5.91 Å². The molecule has 19 heavy (non-hydrogen) atoms. The van der Waals surface area contributed by atoms with E-state index in [1.54, 1.807) is 0 Å². The summed E-state index contributed by atoms with van der Waals surface area (Å²) in [5.74, 6) is -0.110. The van der Waals surface area contributed by atoms with E-state index >= 15 is 0 Å². The second kappa shape index (κ2) is 5.47. The topological polar surface area (TPSA) is 50.3 Å². The predicted molar refractivity (Wildman–Crippen MR) is 73.2 cm³/mol. The molecule has 2 rings (SSSR count). The van der Waals surface area contributed by atoms with Crippen LogP contribution in [0.25, 0.3) is 0 Å². The molecular weight excluding hydrogens is 287 g/mol. The monoisotopic (exact) mass is 300 g/mol. The molecule has 1 saturated heterocycles. The molecule has 0 radical (unpaired) electrons. The van der Waals surface area contributed by atoms with Crippen LogP contribution in [-0.2, 0) is 4.79 Å². The lowest BCUT2D eigenvalue weighted by atomic mass is 9.95. The van der Waals surface area contributed by atoms with Crippen molar-refractivity contribution in [2.45, 2.75) is 20.3 Å². The Bertz CT molecular complexity index is 531. The van der Waals surface area contributed by atoms with E-state index in [4.69, 9.17) is 23.2 Å². The first-order valence-corrected chi connectivity index (χ1v) is 6.82. The second-order valence-electron chi connectivity index (χ2n) is 4.98. The fourth-order valence-electron chi connectivity index (χ4n) is 2.07. The molecule has 1 fully saturated rings. The summed E-state index contributed by atoms with van der Waals surface area (Å²) in [7, 11) is 0. The summed E-state index contributed by atoms with van der Waals surface area (Å²) in [4.78, 5) is 29.3. The Labute approximate surface area is 121 Å². The number of amides is 2. The molecule has 2 amide bonds. The molecule has 0 N–H and O–H groups in total. The number of imide groups is 1. The van der Waals surface area contributed by atoms with Crippen LogP contribution in [0.1, 0.15) is 30.8 Å². The van der Waals surface area contributed by atoms with Gasteiger partial charge in [-0.3, -0.25) is 14.5 Å². The molecule has 0 aliphatic carbocycles. The van der Waals surface area contributed by atoms with Crippen LogP contribution in [0.4, 0.5) is 0 Å². The van der Waals surface area contributed by atoms with Gasteiger partial charge < -0.3 is 0 Å². The first-order valence-electron chi connectivity index (χ1n) is 6.07. The fraction of sp³-hybridized carbons (Fsp3) is 0.462. The third-order valence-corrected chi connectivity index (χ3v) is 3.87. The van der Waals surface area contributed by atoms with Gasteiger partial charge >= 0.3 is 0 Å². The minimum Gasteiger partial charge on any atom is -0.277 e. The van der Waals surface area contributed by atoms with E-state index in [0.29, 0.717) is 18.9 Å². The van der Waals surface area contributed by atoms with Gasteiger partial charge in [-0.15, -0.1) is 0 Å². The summed E-state index contributed by atoms with van der Waals surface area (Å²) in [5.41, 5.74) is 0.0342. The zero-order valence-corrected chi connectivity index (χ0v) is 12.2. The summed E-state index contributed by atoms with van der Waals surface area (Å²) in [6, 6.07) is 3.01. The zero-order valence-electron chi connectivity index (χ0n) is 10.7. The highest BCUT2D eigenvalue weighted by atomic mass is 35.5. The molecule has 1 aliphatic heterocycles. The molecule has 1 aliphatic rings. The van der Waals surface area contributed by atoms with E-state index in [-0.39, 0.29) is 27.7 Å². The number of carbonyl (C=O) groups excluding carboxylic acids is 2. The lowest BCUT2D eigenvalue weighted by Crippen LogP contribution is -2.33.